The highest BCUT2D eigenvalue weighted by Crippen LogP contribution is 2.18. The first-order chi connectivity index (χ1) is 8.24. The summed E-state index contributed by atoms with van der Waals surface area (Å²) >= 11 is 0. The van der Waals surface area contributed by atoms with Crippen LogP contribution in [-0.2, 0) is 13.0 Å². The van der Waals surface area contributed by atoms with Crippen molar-refractivity contribution in [3.8, 4) is 11.6 Å². The third-order valence-corrected chi connectivity index (χ3v) is 2.49. The molecule has 0 saturated heterocycles. The molecule has 0 spiro atoms. The molecule has 2 heterocycles. The van der Waals surface area contributed by atoms with Gasteiger partial charge in [-0.05, 0) is 27.0 Å². The van der Waals surface area contributed by atoms with E-state index in [1.165, 1.54) is 0 Å². The van der Waals surface area contributed by atoms with E-state index in [2.05, 4.69) is 20.6 Å². The molecule has 17 heavy (non-hydrogen) atoms. The Morgan fingerprint density at radius 3 is 3.00 bits per heavy atom. The zero-order valence-electron chi connectivity index (χ0n) is 10.4. The molecule has 0 aliphatic heterocycles. The first-order valence-corrected chi connectivity index (χ1v) is 5.76. The highest BCUT2D eigenvalue weighted by Gasteiger charge is 2.14. The minimum Gasteiger partial charge on any atom is -0.332 e. The average Bonchev–Trinajstić information content (AvgIpc) is 2.92. The maximum Gasteiger partial charge on any atom is 0.276 e. The van der Waals surface area contributed by atoms with E-state index in [1.807, 2.05) is 31.6 Å². The van der Waals surface area contributed by atoms with Gasteiger partial charge >= 0.3 is 0 Å². The summed E-state index contributed by atoms with van der Waals surface area (Å²) in [6.07, 6.45) is 0.763. The lowest BCUT2D eigenvalue weighted by Crippen LogP contribution is -2.11. The molecule has 0 aromatic carbocycles. The fraction of sp³-hybridized carbons (Fsp3) is 0.545. The largest absolute Gasteiger partial charge is 0.332 e. The van der Waals surface area contributed by atoms with Crippen LogP contribution in [0.2, 0.25) is 0 Å². The Labute approximate surface area is 100 Å². The smallest absolute Gasteiger partial charge is 0.276 e. The Hall–Kier alpha value is -1.69. The molecule has 6 nitrogen and oxygen atoms in total. The lowest BCUT2D eigenvalue weighted by atomic mass is 10.3. The van der Waals surface area contributed by atoms with Crippen molar-refractivity contribution in [2.45, 2.75) is 26.8 Å². The molecule has 0 atom stereocenters. The van der Waals surface area contributed by atoms with Crippen molar-refractivity contribution in [1.82, 2.24) is 25.2 Å². The van der Waals surface area contributed by atoms with E-state index in [0.717, 1.165) is 36.7 Å². The summed E-state index contributed by atoms with van der Waals surface area (Å²) < 4.78 is 7.12. The van der Waals surface area contributed by atoms with Crippen molar-refractivity contribution in [2.24, 2.45) is 0 Å². The van der Waals surface area contributed by atoms with Crippen LogP contribution >= 0.6 is 0 Å². The maximum atomic E-state index is 5.25. The molecule has 0 amide bonds. The van der Waals surface area contributed by atoms with E-state index in [4.69, 9.17) is 4.52 Å². The summed E-state index contributed by atoms with van der Waals surface area (Å²) in [5.41, 5.74) is 1.84. The zero-order chi connectivity index (χ0) is 12.3. The van der Waals surface area contributed by atoms with Gasteiger partial charge in [0, 0.05) is 19.5 Å². The molecule has 92 valence electrons. The first kappa shape index (κ1) is 11.8. The van der Waals surface area contributed by atoms with Crippen molar-refractivity contribution < 1.29 is 4.52 Å². The number of nitrogens with one attached hydrogen (secondary N) is 1. The topological polar surface area (TPSA) is 68.8 Å². The van der Waals surface area contributed by atoms with E-state index in [-0.39, 0.29) is 0 Å². The van der Waals surface area contributed by atoms with Gasteiger partial charge in [-0.25, -0.2) is 0 Å². The highest BCUT2D eigenvalue weighted by molar-refractivity contribution is 5.47. The van der Waals surface area contributed by atoms with Gasteiger partial charge in [0.1, 0.15) is 5.69 Å². The molecule has 0 saturated carbocycles. The predicted octanol–water partition coefficient (Wildman–Crippen LogP) is 1.02. The van der Waals surface area contributed by atoms with Gasteiger partial charge in [0.25, 0.3) is 5.89 Å². The third-order valence-electron chi connectivity index (χ3n) is 2.49. The lowest BCUT2D eigenvalue weighted by Gasteiger charge is -1.98. The van der Waals surface area contributed by atoms with Crippen molar-refractivity contribution in [3.05, 3.63) is 17.6 Å². The molecule has 0 unspecified atom stereocenters. The standard InChI is InChI=1S/C11H17N5O/c1-4-16-9(7-8(2)14-16)11-13-10(15-17-11)5-6-12-3/h7,12H,4-6H2,1-3H3. The molecular weight excluding hydrogens is 218 g/mol. The second kappa shape index (κ2) is 5.09. The SMILES string of the molecule is CCn1nc(C)cc1-c1nc(CCNC)no1. The molecule has 2 rings (SSSR count). The second-order valence-electron chi connectivity index (χ2n) is 3.86. The summed E-state index contributed by atoms with van der Waals surface area (Å²) in [5, 5.41) is 11.4. The van der Waals surface area contributed by atoms with Gasteiger partial charge in [0.15, 0.2) is 5.82 Å². The van der Waals surface area contributed by atoms with Crippen molar-refractivity contribution in [2.75, 3.05) is 13.6 Å². The van der Waals surface area contributed by atoms with Crippen molar-refractivity contribution in [1.29, 1.82) is 0 Å². The molecule has 0 fully saturated rings. The summed E-state index contributed by atoms with van der Waals surface area (Å²) in [6.45, 7) is 5.62. The van der Waals surface area contributed by atoms with Crippen molar-refractivity contribution >= 4 is 0 Å². The first-order valence-electron chi connectivity index (χ1n) is 5.76. The lowest BCUT2D eigenvalue weighted by molar-refractivity contribution is 0.417. The average molecular weight is 235 g/mol. The summed E-state index contributed by atoms with van der Waals surface area (Å²) in [7, 11) is 1.90. The van der Waals surface area contributed by atoms with Gasteiger partial charge in [0.2, 0.25) is 0 Å². The van der Waals surface area contributed by atoms with Crippen LogP contribution in [0.1, 0.15) is 18.4 Å². The summed E-state index contributed by atoms with van der Waals surface area (Å²) in [5.74, 6) is 1.26. The number of aryl methyl sites for hydroxylation is 2. The van der Waals surface area contributed by atoms with Crippen LogP contribution in [-0.4, -0.2) is 33.5 Å². The molecule has 0 radical (unpaired) electrons. The van der Waals surface area contributed by atoms with Gasteiger partial charge in [-0.15, -0.1) is 0 Å². The Kier molecular flexibility index (Phi) is 3.53. The van der Waals surface area contributed by atoms with Gasteiger partial charge in [-0.2, -0.15) is 10.1 Å². The number of hydrogen-bond donors (Lipinski definition) is 1. The molecule has 0 aliphatic rings. The highest BCUT2D eigenvalue weighted by atomic mass is 16.5. The number of likely N-dealkylation sites (N-methyl/N-ethyl adjacent to an activating group) is 1. The number of aromatic nitrogens is 4. The molecule has 0 bridgehead atoms. The van der Waals surface area contributed by atoms with Crippen LogP contribution < -0.4 is 5.32 Å². The van der Waals surface area contributed by atoms with Crippen LogP contribution in [0, 0.1) is 6.92 Å². The van der Waals surface area contributed by atoms with Crippen LogP contribution in [0.25, 0.3) is 11.6 Å². The fourth-order valence-corrected chi connectivity index (χ4v) is 1.66. The Bertz CT molecular complexity index is 488. The molecule has 1 N–H and O–H groups in total. The maximum absolute atomic E-state index is 5.25. The number of nitrogens with zero attached hydrogens (tertiary/aromatic N) is 4. The van der Waals surface area contributed by atoms with E-state index in [1.54, 1.807) is 0 Å². The molecular formula is C11H17N5O. The van der Waals surface area contributed by atoms with Crippen LogP contribution in [0.15, 0.2) is 10.6 Å². The summed E-state index contributed by atoms with van der Waals surface area (Å²) in [4.78, 5) is 4.36. The van der Waals surface area contributed by atoms with E-state index >= 15 is 0 Å². The predicted molar refractivity (Wildman–Crippen MR) is 63.6 cm³/mol. The van der Waals surface area contributed by atoms with Crippen molar-refractivity contribution in [3.63, 3.8) is 0 Å². The monoisotopic (exact) mass is 235 g/mol. The number of rotatable bonds is 5. The minimum absolute atomic E-state index is 0.540. The Morgan fingerprint density at radius 2 is 2.29 bits per heavy atom. The van der Waals surface area contributed by atoms with Crippen LogP contribution in [0.4, 0.5) is 0 Å². The van der Waals surface area contributed by atoms with Crippen LogP contribution in [0.3, 0.4) is 0 Å². The van der Waals surface area contributed by atoms with Gasteiger partial charge in [-0.1, -0.05) is 5.16 Å². The minimum atomic E-state index is 0.540. The normalized spacial score (nSPS) is 11.0. The van der Waals surface area contributed by atoms with E-state index in [9.17, 15) is 0 Å². The zero-order valence-corrected chi connectivity index (χ0v) is 10.4. The Morgan fingerprint density at radius 1 is 1.47 bits per heavy atom. The van der Waals surface area contributed by atoms with Crippen LogP contribution in [0.5, 0.6) is 0 Å². The second-order valence-corrected chi connectivity index (χ2v) is 3.86. The number of hydrogen-bond acceptors (Lipinski definition) is 5. The van der Waals surface area contributed by atoms with E-state index < -0.39 is 0 Å². The molecule has 2 aromatic heterocycles. The van der Waals surface area contributed by atoms with Gasteiger partial charge in [-0.3, -0.25) is 4.68 Å². The molecule has 2 aromatic rings. The quantitative estimate of drug-likeness (QED) is 0.838. The van der Waals surface area contributed by atoms with E-state index in [0.29, 0.717) is 5.89 Å². The fourth-order valence-electron chi connectivity index (χ4n) is 1.66. The molecule has 6 heteroatoms. The van der Waals surface area contributed by atoms with Gasteiger partial charge < -0.3 is 9.84 Å². The third kappa shape index (κ3) is 2.52. The Balaban J connectivity index is 2.23. The van der Waals surface area contributed by atoms with Gasteiger partial charge in [0.05, 0.1) is 5.69 Å². The molecule has 0 aliphatic carbocycles. The summed E-state index contributed by atoms with van der Waals surface area (Å²) in [6, 6.07) is 1.96.